The summed E-state index contributed by atoms with van der Waals surface area (Å²) in [6.45, 7) is 6.76. The van der Waals surface area contributed by atoms with Gasteiger partial charge in [0.15, 0.2) is 0 Å². The minimum absolute atomic E-state index is 0.842. The number of thiazole rings is 1. The molecule has 100 valence electrons. The maximum atomic E-state index is 5.37. The molecule has 1 saturated heterocycles. The number of aryl methyl sites for hydroxylation is 1. The van der Waals surface area contributed by atoms with E-state index in [-0.39, 0.29) is 0 Å². The van der Waals surface area contributed by atoms with Gasteiger partial charge in [0.2, 0.25) is 0 Å². The molecule has 4 heteroatoms. The molecule has 0 spiro atoms. The summed E-state index contributed by atoms with van der Waals surface area (Å²) in [5.41, 5.74) is 3.67. The molecule has 1 aromatic carbocycles. The highest BCUT2D eigenvalue weighted by Crippen LogP contribution is 2.25. The molecule has 2 heterocycles. The molecule has 0 aliphatic carbocycles. The quantitative estimate of drug-likeness (QED) is 0.860. The van der Waals surface area contributed by atoms with Crippen LogP contribution in [0.1, 0.15) is 11.3 Å². The van der Waals surface area contributed by atoms with E-state index in [0.29, 0.717) is 0 Å². The topological polar surface area (TPSA) is 25.4 Å². The van der Waals surface area contributed by atoms with E-state index in [0.717, 1.165) is 37.9 Å². The van der Waals surface area contributed by atoms with Gasteiger partial charge >= 0.3 is 0 Å². The molecule has 0 bridgehead atoms. The number of rotatable bonds is 3. The molecule has 0 radical (unpaired) electrons. The average Bonchev–Trinajstić information content (AvgIpc) is 2.88. The van der Waals surface area contributed by atoms with Crippen LogP contribution in [0.25, 0.3) is 10.6 Å². The maximum Gasteiger partial charge on any atom is 0.123 e. The van der Waals surface area contributed by atoms with Crippen LogP contribution in [0.4, 0.5) is 0 Å². The lowest BCUT2D eigenvalue weighted by Crippen LogP contribution is -2.35. The smallest absolute Gasteiger partial charge is 0.123 e. The molecule has 0 amide bonds. The molecule has 0 unspecified atom stereocenters. The van der Waals surface area contributed by atoms with Crippen LogP contribution in [0.3, 0.4) is 0 Å². The Hall–Kier alpha value is -1.23. The van der Waals surface area contributed by atoms with Crippen molar-refractivity contribution < 1.29 is 4.74 Å². The molecule has 0 atom stereocenters. The summed E-state index contributed by atoms with van der Waals surface area (Å²) in [6, 6.07) is 8.53. The third-order valence-electron chi connectivity index (χ3n) is 3.31. The van der Waals surface area contributed by atoms with Crippen molar-refractivity contribution >= 4 is 11.3 Å². The van der Waals surface area contributed by atoms with Crippen LogP contribution in [-0.2, 0) is 11.3 Å². The van der Waals surface area contributed by atoms with Crippen LogP contribution in [0.5, 0.6) is 0 Å². The summed E-state index contributed by atoms with van der Waals surface area (Å²) in [6.07, 6.45) is 0. The molecule has 0 N–H and O–H groups in total. The monoisotopic (exact) mass is 274 g/mol. The predicted octanol–water partition coefficient (Wildman–Crippen LogP) is 2.95. The lowest BCUT2D eigenvalue weighted by molar-refractivity contribution is 0.0337. The Morgan fingerprint density at radius 3 is 2.95 bits per heavy atom. The first-order valence-corrected chi connectivity index (χ1v) is 7.51. The van der Waals surface area contributed by atoms with Gasteiger partial charge in [-0.1, -0.05) is 23.8 Å². The summed E-state index contributed by atoms with van der Waals surface area (Å²) in [5.74, 6) is 0. The van der Waals surface area contributed by atoms with Gasteiger partial charge in [-0.05, 0) is 13.0 Å². The Morgan fingerprint density at radius 2 is 2.16 bits per heavy atom. The highest BCUT2D eigenvalue weighted by atomic mass is 32.1. The van der Waals surface area contributed by atoms with Gasteiger partial charge in [0.25, 0.3) is 0 Å². The van der Waals surface area contributed by atoms with E-state index in [2.05, 4.69) is 41.5 Å². The normalized spacial score (nSPS) is 16.7. The van der Waals surface area contributed by atoms with Crippen molar-refractivity contribution in [2.75, 3.05) is 26.3 Å². The molecule has 1 aliphatic rings. The van der Waals surface area contributed by atoms with Gasteiger partial charge in [-0.3, -0.25) is 4.90 Å². The van der Waals surface area contributed by atoms with Crippen LogP contribution >= 0.6 is 11.3 Å². The number of ether oxygens (including phenoxy) is 1. The fraction of sp³-hybridized carbons (Fsp3) is 0.400. The van der Waals surface area contributed by atoms with E-state index in [1.54, 1.807) is 11.3 Å². The van der Waals surface area contributed by atoms with E-state index in [1.807, 2.05) is 0 Å². The minimum Gasteiger partial charge on any atom is -0.379 e. The average molecular weight is 274 g/mol. The van der Waals surface area contributed by atoms with Crippen molar-refractivity contribution in [3.8, 4) is 10.6 Å². The first kappa shape index (κ1) is 12.8. The second kappa shape index (κ2) is 5.82. The van der Waals surface area contributed by atoms with Crippen molar-refractivity contribution in [3.63, 3.8) is 0 Å². The highest BCUT2D eigenvalue weighted by molar-refractivity contribution is 7.13. The molecule has 1 fully saturated rings. The van der Waals surface area contributed by atoms with E-state index in [1.165, 1.54) is 16.8 Å². The molecule has 19 heavy (non-hydrogen) atoms. The Kier molecular flexibility index (Phi) is 3.92. The van der Waals surface area contributed by atoms with Gasteiger partial charge in [0.05, 0.1) is 18.9 Å². The number of hydrogen-bond acceptors (Lipinski definition) is 4. The van der Waals surface area contributed by atoms with Gasteiger partial charge in [-0.15, -0.1) is 11.3 Å². The fourth-order valence-electron chi connectivity index (χ4n) is 2.28. The Morgan fingerprint density at radius 1 is 1.32 bits per heavy atom. The van der Waals surface area contributed by atoms with Crippen LogP contribution in [0.15, 0.2) is 29.6 Å². The second-order valence-corrected chi connectivity index (χ2v) is 5.76. The summed E-state index contributed by atoms with van der Waals surface area (Å²) in [5, 5.41) is 3.29. The van der Waals surface area contributed by atoms with Crippen LogP contribution in [0.2, 0.25) is 0 Å². The lowest BCUT2D eigenvalue weighted by Gasteiger charge is -2.25. The molecule has 1 aromatic heterocycles. The van der Waals surface area contributed by atoms with Crippen molar-refractivity contribution in [1.82, 2.24) is 9.88 Å². The number of benzene rings is 1. The van der Waals surface area contributed by atoms with Crippen LogP contribution in [0, 0.1) is 6.92 Å². The van der Waals surface area contributed by atoms with E-state index in [4.69, 9.17) is 9.72 Å². The van der Waals surface area contributed by atoms with Crippen LogP contribution < -0.4 is 0 Å². The zero-order valence-electron chi connectivity index (χ0n) is 11.1. The van der Waals surface area contributed by atoms with Crippen LogP contribution in [-0.4, -0.2) is 36.2 Å². The van der Waals surface area contributed by atoms with Crippen molar-refractivity contribution in [2.45, 2.75) is 13.5 Å². The van der Waals surface area contributed by atoms with Gasteiger partial charge < -0.3 is 4.74 Å². The third kappa shape index (κ3) is 3.21. The number of aromatic nitrogens is 1. The minimum atomic E-state index is 0.842. The fourth-order valence-corrected chi connectivity index (χ4v) is 3.09. The Balaban J connectivity index is 1.72. The van der Waals surface area contributed by atoms with Crippen molar-refractivity contribution in [1.29, 1.82) is 0 Å². The highest BCUT2D eigenvalue weighted by Gasteiger charge is 2.13. The lowest BCUT2D eigenvalue weighted by atomic mass is 10.1. The summed E-state index contributed by atoms with van der Waals surface area (Å²) < 4.78 is 5.37. The van der Waals surface area contributed by atoms with Gasteiger partial charge in [0, 0.05) is 30.6 Å². The Bertz CT molecular complexity index is 547. The number of hydrogen-bond donors (Lipinski definition) is 0. The molecule has 3 nitrogen and oxygen atoms in total. The predicted molar refractivity (Wildman–Crippen MR) is 78.4 cm³/mol. The van der Waals surface area contributed by atoms with Gasteiger partial charge in [-0.25, -0.2) is 4.98 Å². The maximum absolute atomic E-state index is 5.37. The first-order valence-electron chi connectivity index (χ1n) is 6.63. The summed E-state index contributed by atoms with van der Waals surface area (Å²) in [4.78, 5) is 7.15. The molecular weight excluding hydrogens is 256 g/mol. The number of nitrogens with zero attached hydrogens (tertiary/aromatic N) is 2. The molecule has 1 aliphatic heterocycles. The van der Waals surface area contributed by atoms with Crippen molar-refractivity contribution in [2.24, 2.45) is 0 Å². The van der Waals surface area contributed by atoms with E-state index in [9.17, 15) is 0 Å². The molecule has 2 aromatic rings. The molecule has 3 rings (SSSR count). The Labute approximate surface area is 117 Å². The zero-order valence-corrected chi connectivity index (χ0v) is 11.9. The second-order valence-electron chi connectivity index (χ2n) is 4.90. The van der Waals surface area contributed by atoms with E-state index < -0.39 is 0 Å². The standard InChI is InChI=1S/C15H18N2OS/c1-12-3-2-4-13(9-12)15-16-14(11-19-15)10-17-5-7-18-8-6-17/h2-4,9,11H,5-8,10H2,1H3. The first-order chi connectivity index (χ1) is 9.31. The zero-order chi connectivity index (χ0) is 13.1. The summed E-state index contributed by atoms with van der Waals surface area (Å²) >= 11 is 1.73. The molecular formula is C15H18N2OS. The van der Waals surface area contributed by atoms with Gasteiger partial charge in [-0.2, -0.15) is 0 Å². The van der Waals surface area contributed by atoms with Gasteiger partial charge in [0.1, 0.15) is 5.01 Å². The SMILES string of the molecule is Cc1cccc(-c2nc(CN3CCOCC3)cs2)c1. The third-order valence-corrected chi connectivity index (χ3v) is 4.25. The largest absolute Gasteiger partial charge is 0.379 e. The number of morpholine rings is 1. The summed E-state index contributed by atoms with van der Waals surface area (Å²) in [7, 11) is 0. The molecule has 0 saturated carbocycles. The van der Waals surface area contributed by atoms with E-state index >= 15 is 0 Å². The van der Waals surface area contributed by atoms with Crippen molar-refractivity contribution in [3.05, 3.63) is 40.9 Å².